The highest BCUT2D eigenvalue weighted by Crippen LogP contribution is 2.31. The molecule has 0 spiro atoms. The quantitative estimate of drug-likeness (QED) is 0.231. The lowest BCUT2D eigenvalue weighted by Gasteiger charge is -2.26. The van der Waals surface area contributed by atoms with Gasteiger partial charge in [-0.15, -0.1) is 0 Å². The van der Waals surface area contributed by atoms with Gasteiger partial charge in [-0.3, -0.25) is 14.4 Å². The molecule has 0 aliphatic carbocycles. The zero-order valence-electron chi connectivity index (χ0n) is 23.8. The Hall–Kier alpha value is -4.94. The molecule has 0 bridgehead atoms. The highest BCUT2D eigenvalue weighted by Gasteiger charge is 2.24. The van der Waals surface area contributed by atoms with Crippen LogP contribution in [-0.2, 0) is 17.8 Å². The predicted octanol–water partition coefficient (Wildman–Crippen LogP) is 5.50. The van der Waals surface area contributed by atoms with E-state index in [0.717, 1.165) is 36.5 Å². The van der Waals surface area contributed by atoms with Gasteiger partial charge in [0.25, 0.3) is 5.91 Å². The minimum absolute atomic E-state index is 0.198. The average Bonchev–Trinajstić information content (AvgIpc) is 3.62. The zero-order valence-corrected chi connectivity index (χ0v) is 23.8. The van der Waals surface area contributed by atoms with Crippen LogP contribution in [0.1, 0.15) is 21.6 Å². The Morgan fingerprint density at radius 3 is 2.34 bits per heavy atom. The van der Waals surface area contributed by atoms with Crippen molar-refractivity contribution in [1.82, 2.24) is 24.6 Å². The number of carbonyl (C=O) groups is 1. The number of amides is 1. The molecule has 6 rings (SSSR count). The van der Waals surface area contributed by atoms with Crippen LogP contribution in [0.2, 0.25) is 0 Å². The summed E-state index contributed by atoms with van der Waals surface area (Å²) in [5.41, 5.74) is 2.69. The molecule has 1 aliphatic rings. The van der Waals surface area contributed by atoms with Crippen LogP contribution in [0.5, 0.6) is 5.75 Å². The lowest BCUT2D eigenvalue weighted by molar-refractivity contribution is 0.0338. The van der Waals surface area contributed by atoms with Gasteiger partial charge in [-0.05, 0) is 54.1 Å². The normalized spacial score (nSPS) is 13.6. The van der Waals surface area contributed by atoms with Crippen LogP contribution in [0.3, 0.4) is 0 Å². The number of benzene rings is 3. The summed E-state index contributed by atoms with van der Waals surface area (Å²) in [5, 5.41) is 7.34. The number of imidazole rings is 1. The number of hydrogen-bond acceptors (Lipinski definition) is 6. The molecule has 2 N–H and O–H groups in total. The van der Waals surface area contributed by atoms with E-state index in [1.54, 1.807) is 30.1 Å². The maximum Gasteiger partial charge on any atom is 0.261 e. The molecule has 0 radical (unpaired) electrons. The van der Waals surface area contributed by atoms with Crippen LogP contribution >= 0.6 is 0 Å². The first kappa shape index (κ1) is 29.1. The summed E-state index contributed by atoms with van der Waals surface area (Å²) in [6.45, 7) is 3.49. The smallest absolute Gasteiger partial charge is 0.261 e. The van der Waals surface area contributed by atoms with Crippen molar-refractivity contribution in [3.63, 3.8) is 0 Å². The van der Waals surface area contributed by atoms with Crippen molar-refractivity contribution in [2.75, 3.05) is 38.7 Å². The standard InChI is InChI=1S/C32H29F3N6O3/c1-43-23-11-5-20(6-12-23)17-41-19-27(37-32(42)28-24(34)3-2-4-25(28)35)30(39-41)31-36-26(18-40-13-15-44-16-14-40)29(38-31)21-7-9-22(33)10-8-21/h2-12,19H,13-18H2,1H3,(H,36,38)(H,37,42). The molecule has 0 atom stereocenters. The average molecular weight is 603 g/mol. The highest BCUT2D eigenvalue weighted by molar-refractivity contribution is 6.06. The Morgan fingerprint density at radius 1 is 0.955 bits per heavy atom. The summed E-state index contributed by atoms with van der Waals surface area (Å²) in [4.78, 5) is 23.5. The van der Waals surface area contributed by atoms with Crippen molar-refractivity contribution in [3.05, 3.63) is 107 Å². The van der Waals surface area contributed by atoms with E-state index in [4.69, 9.17) is 19.6 Å². The lowest BCUT2D eigenvalue weighted by atomic mass is 10.1. The molecule has 1 amide bonds. The molecule has 12 heteroatoms. The number of hydrogen-bond donors (Lipinski definition) is 2. The van der Waals surface area contributed by atoms with Crippen molar-refractivity contribution in [2.45, 2.75) is 13.1 Å². The van der Waals surface area contributed by atoms with Gasteiger partial charge in [0.2, 0.25) is 0 Å². The zero-order chi connectivity index (χ0) is 30.6. The van der Waals surface area contributed by atoms with Crippen LogP contribution in [0.25, 0.3) is 22.8 Å². The third-order valence-corrected chi connectivity index (χ3v) is 7.31. The number of nitrogens with zero attached hydrogens (tertiary/aromatic N) is 4. The summed E-state index contributed by atoms with van der Waals surface area (Å²) in [5.74, 6) is -2.29. The van der Waals surface area contributed by atoms with Crippen LogP contribution in [0.4, 0.5) is 18.9 Å². The van der Waals surface area contributed by atoms with Crippen molar-refractivity contribution in [2.24, 2.45) is 0 Å². The molecule has 0 unspecified atom stereocenters. The van der Waals surface area contributed by atoms with Gasteiger partial charge in [-0.1, -0.05) is 18.2 Å². The Morgan fingerprint density at radius 2 is 1.66 bits per heavy atom. The third-order valence-electron chi connectivity index (χ3n) is 7.31. The number of H-pyrrole nitrogens is 1. The van der Waals surface area contributed by atoms with E-state index < -0.39 is 23.1 Å². The molecule has 3 heterocycles. The highest BCUT2D eigenvalue weighted by atomic mass is 19.1. The van der Waals surface area contributed by atoms with E-state index >= 15 is 0 Å². The minimum Gasteiger partial charge on any atom is -0.497 e. The maximum absolute atomic E-state index is 14.5. The van der Waals surface area contributed by atoms with E-state index in [1.807, 2.05) is 24.3 Å². The van der Waals surface area contributed by atoms with Crippen molar-refractivity contribution in [1.29, 1.82) is 0 Å². The summed E-state index contributed by atoms with van der Waals surface area (Å²) in [7, 11) is 1.58. The maximum atomic E-state index is 14.5. The largest absolute Gasteiger partial charge is 0.497 e. The van der Waals surface area contributed by atoms with Crippen LogP contribution in [0, 0.1) is 17.5 Å². The van der Waals surface area contributed by atoms with E-state index in [2.05, 4.69) is 15.2 Å². The van der Waals surface area contributed by atoms with Gasteiger partial charge in [-0.2, -0.15) is 5.10 Å². The molecule has 1 fully saturated rings. The van der Waals surface area contributed by atoms with Gasteiger partial charge in [0.15, 0.2) is 11.5 Å². The minimum atomic E-state index is -0.987. The SMILES string of the molecule is COc1ccc(Cn2cc(NC(=O)c3c(F)cccc3F)c(-c3nc(-c4ccc(F)cc4)c(CN4CCOCC4)[nH]3)n2)cc1. The second-order valence-corrected chi connectivity index (χ2v) is 10.3. The molecule has 44 heavy (non-hydrogen) atoms. The van der Waals surface area contributed by atoms with Crippen LogP contribution < -0.4 is 10.1 Å². The molecule has 3 aromatic carbocycles. The van der Waals surface area contributed by atoms with E-state index in [-0.39, 0.29) is 17.2 Å². The summed E-state index contributed by atoms with van der Waals surface area (Å²) in [6, 6.07) is 16.6. The number of morpholine rings is 1. The second-order valence-electron chi connectivity index (χ2n) is 10.3. The van der Waals surface area contributed by atoms with Crippen LogP contribution in [0.15, 0.2) is 72.9 Å². The van der Waals surface area contributed by atoms with Gasteiger partial charge in [-0.25, -0.2) is 18.2 Å². The molecule has 9 nitrogen and oxygen atoms in total. The number of halogens is 3. The summed E-state index contributed by atoms with van der Waals surface area (Å²) < 4.78 is 55.1. The lowest BCUT2D eigenvalue weighted by Crippen LogP contribution is -2.35. The third kappa shape index (κ3) is 6.36. The number of carbonyl (C=O) groups excluding carboxylic acids is 1. The number of methoxy groups -OCH3 is 1. The number of rotatable bonds is 9. The van der Waals surface area contributed by atoms with Gasteiger partial charge in [0.1, 0.15) is 28.8 Å². The van der Waals surface area contributed by atoms with Gasteiger partial charge in [0, 0.05) is 31.4 Å². The molecular formula is C32H29F3N6O3. The molecule has 1 saturated heterocycles. The van der Waals surface area contributed by atoms with Gasteiger partial charge >= 0.3 is 0 Å². The van der Waals surface area contributed by atoms with Crippen LogP contribution in [-0.4, -0.2) is 64.0 Å². The Balaban J connectivity index is 1.41. The van der Waals surface area contributed by atoms with Crippen molar-refractivity contribution < 1.29 is 27.4 Å². The first-order valence-corrected chi connectivity index (χ1v) is 14.0. The first-order valence-electron chi connectivity index (χ1n) is 14.0. The predicted molar refractivity (Wildman–Crippen MR) is 158 cm³/mol. The van der Waals surface area contributed by atoms with E-state index in [1.165, 1.54) is 18.2 Å². The van der Waals surface area contributed by atoms with Crippen molar-refractivity contribution in [3.8, 4) is 28.5 Å². The number of nitrogens with one attached hydrogen (secondary N) is 2. The second kappa shape index (κ2) is 12.7. The number of anilines is 1. The number of aromatic amines is 1. The summed E-state index contributed by atoms with van der Waals surface area (Å²) in [6.07, 6.45) is 1.58. The molecule has 0 saturated carbocycles. The first-order chi connectivity index (χ1) is 21.4. The molecule has 5 aromatic rings. The number of ether oxygens (including phenoxy) is 2. The van der Waals surface area contributed by atoms with Crippen molar-refractivity contribution >= 4 is 11.6 Å². The summed E-state index contributed by atoms with van der Waals surface area (Å²) >= 11 is 0. The molecule has 1 aliphatic heterocycles. The van der Waals surface area contributed by atoms with E-state index in [9.17, 15) is 18.0 Å². The van der Waals surface area contributed by atoms with E-state index in [0.29, 0.717) is 49.1 Å². The Labute approximate surface area is 251 Å². The molecular weight excluding hydrogens is 573 g/mol. The monoisotopic (exact) mass is 602 g/mol. The Kier molecular flexibility index (Phi) is 8.44. The van der Waals surface area contributed by atoms with Gasteiger partial charge < -0.3 is 19.8 Å². The molecule has 2 aromatic heterocycles. The molecule has 226 valence electrons. The fourth-order valence-electron chi connectivity index (χ4n) is 5.05. The fraction of sp³-hybridized carbons (Fsp3) is 0.219. The fourth-order valence-corrected chi connectivity index (χ4v) is 5.05. The Bertz CT molecular complexity index is 1740. The topological polar surface area (TPSA) is 97.3 Å². The van der Waals surface area contributed by atoms with Gasteiger partial charge in [0.05, 0.1) is 43.9 Å². The number of aromatic nitrogens is 4.